The zero-order valence-corrected chi connectivity index (χ0v) is 11.7. The maximum Gasteiger partial charge on any atom is 0.417 e. The van der Waals surface area contributed by atoms with E-state index in [0.717, 1.165) is 23.9 Å². The number of rotatable bonds is 1. The predicted octanol–water partition coefficient (Wildman–Crippen LogP) is 4.22. The summed E-state index contributed by atoms with van der Waals surface area (Å²) in [5.74, 6) is -1.06. The Hall–Kier alpha value is -1.27. The van der Waals surface area contributed by atoms with Gasteiger partial charge in [-0.3, -0.25) is 0 Å². The average molecular weight is 356 g/mol. The van der Waals surface area contributed by atoms with Crippen LogP contribution in [0.1, 0.15) is 5.56 Å². The standard InChI is InChI=1S/C10H6BrF4N3S/c1-19-9(17-4-16)18-5-2-6(10(13,14)15)8(11)7(12)3-5/h2-3H,1H3,(H,17,18). The normalized spacial score (nSPS) is 12.2. The summed E-state index contributed by atoms with van der Waals surface area (Å²) in [5, 5.41) is 10.9. The third-order valence-electron chi connectivity index (χ3n) is 1.93. The highest BCUT2D eigenvalue weighted by molar-refractivity contribution is 9.10. The molecule has 0 radical (unpaired) electrons. The van der Waals surface area contributed by atoms with Crippen LogP contribution in [0.15, 0.2) is 21.6 Å². The Kier molecular flexibility index (Phi) is 5.20. The Morgan fingerprint density at radius 3 is 2.58 bits per heavy atom. The van der Waals surface area contributed by atoms with E-state index in [4.69, 9.17) is 5.26 Å². The summed E-state index contributed by atoms with van der Waals surface area (Å²) in [6.07, 6.45) is -1.63. The van der Waals surface area contributed by atoms with Crippen molar-refractivity contribution in [2.75, 3.05) is 11.6 Å². The van der Waals surface area contributed by atoms with Crippen LogP contribution in [0.4, 0.5) is 23.2 Å². The minimum atomic E-state index is -4.69. The molecule has 0 aromatic heterocycles. The van der Waals surface area contributed by atoms with E-state index in [-0.39, 0.29) is 10.9 Å². The Morgan fingerprint density at radius 2 is 2.11 bits per heavy atom. The zero-order valence-electron chi connectivity index (χ0n) is 9.35. The monoisotopic (exact) mass is 355 g/mol. The summed E-state index contributed by atoms with van der Waals surface area (Å²) in [6.45, 7) is 0. The molecular weight excluding hydrogens is 350 g/mol. The van der Waals surface area contributed by atoms with Crippen LogP contribution in [0.5, 0.6) is 0 Å². The molecule has 3 nitrogen and oxygen atoms in total. The minimum absolute atomic E-state index is 0.0670. The Morgan fingerprint density at radius 1 is 1.47 bits per heavy atom. The highest BCUT2D eigenvalue weighted by Crippen LogP contribution is 2.38. The van der Waals surface area contributed by atoms with Gasteiger partial charge in [0.1, 0.15) is 5.82 Å². The molecule has 0 saturated heterocycles. The molecule has 1 rings (SSSR count). The quantitative estimate of drug-likeness (QED) is 0.355. The maximum absolute atomic E-state index is 13.4. The molecule has 1 N–H and O–H groups in total. The van der Waals surface area contributed by atoms with Crippen LogP contribution in [0.25, 0.3) is 0 Å². The van der Waals surface area contributed by atoms with Crippen molar-refractivity contribution in [3.63, 3.8) is 0 Å². The molecular formula is C10H6BrF4N3S. The van der Waals surface area contributed by atoms with E-state index in [1.165, 1.54) is 6.19 Å². The van der Waals surface area contributed by atoms with Gasteiger partial charge in [0, 0.05) is 5.69 Å². The first kappa shape index (κ1) is 15.8. The van der Waals surface area contributed by atoms with E-state index >= 15 is 0 Å². The number of hydrogen-bond acceptors (Lipinski definition) is 3. The second kappa shape index (κ2) is 6.25. The molecule has 0 amide bonds. The van der Waals surface area contributed by atoms with E-state index in [9.17, 15) is 17.6 Å². The van der Waals surface area contributed by atoms with Crippen molar-refractivity contribution < 1.29 is 17.6 Å². The maximum atomic E-state index is 13.4. The van der Waals surface area contributed by atoms with Gasteiger partial charge in [-0.25, -0.2) is 4.39 Å². The lowest BCUT2D eigenvalue weighted by molar-refractivity contribution is -0.138. The van der Waals surface area contributed by atoms with Gasteiger partial charge in [0.2, 0.25) is 6.19 Å². The van der Waals surface area contributed by atoms with E-state index in [1.807, 2.05) is 0 Å². The molecule has 0 bridgehead atoms. The van der Waals surface area contributed by atoms with Gasteiger partial charge < -0.3 is 5.32 Å². The second-order valence-corrected chi connectivity index (χ2v) is 4.75. The lowest BCUT2D eigenvalue weighted by Gasteiger charge is -2.13. The topological polar surface area (TPSA) is 48.2 Å². The molecule has 0 saturated carbocycles. The van der Waals surface area contributed by atoms with Gasteiger partial charge in [0.05, 0.1) is 10.0 Å². The van der Waals surface area contributed by atoms with Crippen molar-refractivity contribution in [2.24, 2.45) is 4.99 Å². The number of amidine groups is 1. The number of aliphatic imine (C=N–C) groups is 1. The highest BCUT2D eigenvalue weighted by atomic mass is 79.9. The number of alkyl halides is 3. The number of halogens is 5. The minimum Gasteiger partial charge on any atom is -0.334 e. The summed E-state index contributed by atoms with van der Waals surface area (Å²) >= 11 is 3.57. The van der Waals surface area contributed by atoms with Crippen LogP contribution in [0.3, 0.4) is 0 Å². The molecule has 102 valence electrons. The van der Waals surface area contributed by atoms with Gasteiger partial charge in [-0.05, 0) is 34.3 Å². The molecule has 0 atom stereocenters. The van der Waals surface area contributed by atoms with Gasteiger partial charge in [-0.2, -0.15) is 18.4 Å². The van der Waals surface area contributed by atoms with Crippen LogP contribution < -0.4 is 5.32 Å². The fraction of sp³-hybridized carbons (Fsp3) is 0.200. The largest absolute Gasteiger partial charge is 0.417 e. The predicted molar refractivity (Wildman–Crippen MR) is 69.3 cm³/mol. The molecule has 0 heterocycles. The van der Waals surface area contributed by atoms with Crippen molar-refractivity contribution in [3.8, 4) is 6.19 Å². The number of anilines is 1. The number of benzene rings is 1. The summed E-state index contributed by atoms with van der Waals surface area (Å²) in [6, 6.07) is 1.61. The Bertz CT molecular complexity index is 551. The summed E-state index contributed by atoms with van der Waals surface area (Å²) < 4.78 is 50.7. The molecule has 0 aliphatic rings. The highest BCUT2D eigenvalue weighted by Gasteiger charge is 2.34. The molecule has 0 fully saturated rings. The van der Waals surface area contributed by atoms with Crippen molar-refractivity contribution in [2.45, 2.75) is 6.18 Å². The molecule has 0 unspecified atom stereocenters. The first-order valence-corrected chi connectivity index (χ1v) is 6.65. The second-order valence-electron chi connectivity index (χ2n) is 3.16. The number of nitriles is 1. The number of thioether (sulfide) groups is 1. The lowest BCUT2D eigenvalue weighted by Crippen LogP contribution is -2.11. The van der Waals surface area contributed by atoms with Gasteiger partial charge in [-0.1, -0.05) is 11.8 Å². The van der Waals surface area contributed by atoms with Gasteiger partial charge in [0.15, 0.2) is 5.17 Å². The van der Waals surface area contributed by atoms with Crippen LogP contribution in [-0.2, 0) is 6.18 Å². The molecule has 1 aromatic carbocycles. The smallest absolute Gasteiger partial charge is 0.334 e. The third-order valence-corrected chi connectivity index (χ3v) is 3.32. The molecule has 19 heavy (non-hydrogen) atoms. The van der Waals surface area contributed by atoms with Crippen molar-refractivity contribution in [1.29, 1.82) is 5.26 Å². The van der Waals surface area contributed by atoms with Crippen LogP contribution in [-0.4, -0.2) is 11.4 Å². The molecule has 1 aromatic rings. The average Bonchev–Trinajstić information content (AvgIpc) is 2.31. The molecule has 9 heteroatoms. The first-order valence-electron chi connectivity index (χ1n) is 4.63. The van der Waals surface area contributed by atoms with Crippen molar-refractivity contribution in [1.82, 2.24) is 0 Å². The fourth-order valence-electron chi connectivity index (χ4n) is 1.16. The summed E-state index contributed by atoms with van der Waals surface area (Å²) in [5.41, 5.74) is -1.29. The molecule has 0 aliphatic heterocycles. The van der Waals surface area contributed by atoms with E-state index in [0.29, 0.717) is 0 Å². The van der Waals surface area contributed by atoms with Crippen LogP contribution in [0, 0.1) is 17.3 Å². The van der Waals surface area contributed by atoms with E-state index in [2.05, 4.69) is 26.2 Å². The first-order chi connectivity index (χ1) is 8.79. The van der Waals surface area contributed by atoms with Crippen molar-refractivity contribution in [3.05, 3.63) is 28.0 Å². The Labute approximate surface area is 118 Å². The van der Waals surface area contributed by atoms with Gasteiger partial charge in [0.25, 0.3) is 0 Å². The van der Waals surface area contributed by atoms with Crippen molar-refractivity contribution >= 4 is 38.5 Å². The van der Waals surface area contributed by atoms with E-state index in [1.54, 1.807) is 6.26 Å². The van der Waals surface area contributed by atoms with Crippen LogP contribution in [0.2, 0.25) is 0 Å². The summed E-state index contributed by atoms with van der Waals surface area (Å²) in [4.78, 5) is 3.34. The Balaban J connectivity index is 3.22. The number of nitrogens with one attached hydrogen (secondary N) is 1. The number of nitrogens with zero attached hydrogens (tertiary/aromatic N) is 2. The van der Waals surface area contributed by atoms with E-state index < -0.39 is 22.0 Å². The number of hydrogen-bond donors (Lipinski definition) is 1. The zero-order chi connectivity index (χ0) is 14.6. The van der Waals surface area contributed by atoms with Crippen LogP contribution >= 0.6 is 27.7 Å². The fourth-order valence-corrected chi connectivity index (χ4v) is 1.97. The van der Waals surface area contributed by atoms with Gasteiger partial charge >= 0.3 is 6.18 Å². The molecule has 0 spiro atoms. The molecule has 0 aliphatic carbocycles. The summed E-state index contributed by atoms with van der Waals surface area (Å²) in [7, 11) is 0. The SMILES string of the molecule is CS/C(=N\C#N)Nc1cc(F)c(Br)c(C(F)(F)F)c1. The van der Waals surface area contributed by atoms with Gasteiger partial charge in [-0.15, -0.1) is 4.99 Å². The third kappa shape index (κ3) is 4.11. The lowest BCUT2D eigenvalue weighted by atomic mass is 10.2.